The maximum Gasteiger partial charge on any atom is 0.252 e. The second kappa shape index (κ2) is 15.5. The normalized spacial score (nSPS) is 19.4. The fourth-order valence-corrected chi connectivity index (χ4v) is 4.64. The SMILES string of the molecule is Cc1c(OCCCCN(C)C)ccc(C(C)N(C)CCCNC(=O)C2=C/C(Cl)=C\CC/C=C\2Cl)c1C. The lowest BCUT2D eigenvalue weighted by Crippen LogP contribution is -2.30. The quantitative estimate of drug-likeness (QED) is 0.293. The molecular formula is C29H43Cl2N3O2. The van der Waals surface area contributed by atoms with Gasteiger partial charge in [-0.2, -0.15) is 0 Å². The average Bonchev–Trinajstić information content (AvgIpc) is 2.83. The molecule has 200 valence electrons. The molecule has 1 aromatic rings. The van der Waals surface area contributed by atoms with Gasteiger partial charge in [0.15, 0.2) is 0 Å². The Balaban J connectivity index is 1.85. The number of halogens is 2. The Morgan fingerprint density at radius 1 is 1.03 bits per heavy atom. The Morgan fingerprint density at radius 2 is 1.75 bits per heavy atom. The number of allylic oxidation sites excluding steroid dienone is 4. The number of carbonyl (C=O) groups excluding carboxylic acids is 1. The van der Waals surface area contributed by atoms with Gasteiger partial charge in [-0.1, -0.05) is 41.4 Å². The summed E-state index contributed by atoms with van der Waals surface area (Å²) < 4.78 is 6.07. The standard InChI is InChI=1S/C29H43Cl2N3O2/c1-21-22(2)28(36-19-10-9-17-33(4)5)15-14-25(21)23(3)34(6)18-11-16-32-29(35)26-20-24(30)12-7-8-13-27(26)31/h12-15,20,23H,7-11,16-19H2,1-6H3,(H,32,35)/b24-12+,26-20+,27-13+. The number of rotatable bonds is 13. The van der Waals surface area contributed by atoms with Crippen LogP contribution in [0.5, 0.6) is 5.75 Å². The zero-order chi connectivity index (χ0) is 26.7. The minimum atomic E-state index is -0.191. The van der Waals surface area contributed by atoms with Gasteiger partial charge in [0.1, 0.15) is 5.75 Å². The molecule has 1 N–H and O–H groups in total. The van der Waals surface area contributed by atoms with E-state index in [0.717, 1.165) is 57.6 Å². The molecule has 7 heteroatoms. The zero-order valence-corrected chi connectivity index (χ0v) is 24.3. The van der Waals surface area contributed by atoms with Crippen molar-refractivity contribution in [3.63, 3.8) is 0 Å². The zero-order valence-electron chi connectivity index (χ0n) is 22.8. The number of hydrogen-bond donors (Lipinski definition) is 1. The van der Waals surface area contributed by atoms with E-state index in [-0.39, 0.29) is 11.9 Å². The summed E-state index contributed by atoms with van der Waals surface area (Å²) in [6.45, 7) is 9.79. The van der Waals surface area contributed by atoms with Gasteiger partial charge in [-0.25, -0.2) is 0 Å². The van der Waals surface area contributed by atoms with Gasteiger partial charge in [0, 0.05) is 29.2 Å². The minimum absolute atomic E-state index is 0.191. The molecular weight excluding hydrogens is 493 g/mol. The highest BCUT2D eigenvalue weighted by Crippen LogP contribution is 2.30. The van der Waals surface area contributed by atoms with Crippen LogP contribution in [-0.4, -0.2) is 63.1 Å². The number of benzene rings is 1. The highest BCUT2D eigenvalue weighted by molar-refractivity contribution is 6.36. The third-order valence-corrected chi connectivity index (χ3v) is 7.36. The van der Waals surface area contributed by atoms with E-state index in [4.69, 9.17) is 27.9 Å². The monoisotopic (exact) mass is 535 g/mol. The van der Waals surface area contributed by atoms with Crippen LogP contribution in [0, 0.1) is 13.8 Å². The van der Waals surface area contributed by atoms with E-state index in [1.165, 1.54) is 16.7 Å². The fourth-order valence-electron chi connectivity index (χ4n) is 4.18. The average molecular weight is 537 g/mol. The highest BCUT2D eigenvalue weighted by atomic mass is 35.5. The van der Waals surface area contributed by atoms with Crippen molar-refractivity contribution in [2.75, 3.05) is 47.4 Å². The second-order valence-corrected chi connectivity index (χ2v) is 10.6. The molecule has 2 rings (SSSR count). The van der Waals surface area contributed by atoms with E-state index in [9.17, 15) is 4.79 Å². The number of ether oxygens (including phenoxy) is 1. The predicted octanol–water partition coefficient (Wildman–Crippen LogP) is 6.49. The minimum Gasteiger partial charge on any atom is -0.493 e. The first-order chi connectivity index (χ1) is 17.1. The summed E-state index contributed by atoms with van der Waals surface area (Å²) in [4.78, 5) is 17.2. The summed E-state index contributed by atoms with van der Waals surface area (Å²) in [5, 5.41) is 3.99. The van der Waals surface area contributed by atoms with Crippen molar-refractivity contribution < 1.29 is 9.53 Å². The van der Waals surface area contributed by atoms with Crippen LogP contribution in [0.25, 0.3) is 0 Å². The molecule has 0 radical (unpaired) electrons. The molecule has 36 heavy (non-hydrogen) atoms. The second-order valence-electron chi connectivity index (χ2n) is 9.80. The van der Waals surface area contributed by atoms with Crippen LogP contribution >= 0.6 is 23.2 Å². The van der Waals surface area contributed by atoms with E-state index < -0.39 is 0 Å². The lowest BCUT2D eigenvalue weighted by molar-refractivity contribution is -0.117. The number of hydrogen-bond acceptors (Lipinski definition) is 4. The summed E-state index contributed by atoms with van der Waals surface area (Å²) in [5.74, 6) is 0.786. The molecule has 0 aromatic heterocycles. The first kappa shape index (κ1) is 30.4. The molecule has 0 saturated heterocycles. The summed E-state index contributed by atoms with van der Waals surface area (Å²) in [5.41, 5.74) is 4.20. The summed E-state index contributed by atoms with van der Waals surface area (Å²) in [6.07, 6.45) is 10.0. The molecule has 0 bridgehead atoms. The van der Waals surface area contributed by atoms with Gasteiger partial charge in [0.25, 0.3) is 5.91 Å². The molecule has 0 spiro atoms. The predicted molar refractivity (Wildman–Crippen MR) is 153 cm³/mol. The lowest BCUT2D eigenvalue weighted by Gasteiger charge is -2.27. The Kier molecular flexibility index (Phi) is 13.1. The molecule has 1 amide bonds. The Morgan fingerprint density at radius 3 is 2.47 bits per heavy atom. The maximum atomic E-state index is 12.7. The lowest BCUT2D eigenvalue weighted by atomic mass is 9.96. The van der Waals surface area contributed by atoms with Crippen LogP contribution in [-0.2, 0) is 4.79 Å². The van der Waals surface area contributed by atoms with E-state index in [2.05, 4.69) is 69.2 Å². The number of unbranched alkanes of at least 4 members (excludes halogenated alkanes) is 1. The van der Waals surface area contributed by atoms with Gasteiger partial charge >= 0.3 is 0 Å². The Bertz CT molecular complexity index is 970. The third-order valence-electron chi connectivity index (χ3n) is 6.73. The summed E-state index contributed by atoms with van der Waals surface area (Å²) in [6, 6.07) is 4.55. The molecule has 1 atom stereocenters. The molecule has 1 aliphatic rings. The molecule has 0 fully saturated rings. The van der Waals surface area contributed by atoms with Gasteiger partial charge in [0.05, 0.1) is 12.2 Å². The smallest absolute Gasteiger partial charge is 0.252 e. The van der Waals surface area contributed by atoms with Crippen LogP contribution in [0.2, 0.25) is 0 Å². The number of nitrogens with zero attached hydrogens (tertiary/aromatic N) is 2. The first-order valence-corrected chi connectivity index (χ1v) is 13.7. The van der Waals surface area contributed by atoms with Gasteiger partial charge in [-0.3, -0.25) is 9.69 Å². The van der Waals surface area contributed by atoms with E-state index in [0.29, 0.717) is 22.2 Å². The maximum absolute atomic E-state index is 12.7. The van der Waals surface area contributed by atoms with Crippen LogP contribution in [0.1, 0.15) is 61.8 Å². The van der Waals surface area contributed by atoms with Crippen molar-refractivity contribution in [2.24, 2.45) is 0 Å². The van der Waals surface area contributed by atoms with Gasteiger partial charge in [-0.05, 0) is 109 Å². The van der Waals surface area contributed by atoms with Crippen molar-refractivity contribution in [1.82, 2.24) is 15.1 Å². The first-order valence-electron chi connectivity index (χ1n) is 12.9. The Labute approximate surface area is 228 Å². The number of nitrogens with one attached hydrogen (secondary N) is 1. The third kappa shape index (κ3) is 9.59. The summed E-state index contributed by atoms with van der Waals surface area (Å²) >= 11 is 12.5. The molecule has 1 unspecified atom stereocenters. The van der Waals surface area contributed by atoms with Crippen LogP contribution in [0.15, 0.2) is 46.0 Å². The van der Waals surface area contributed by atoms with Crippen LogP contribution < -0.4 is 10.1 Å². The van der Waals surface area contributed by atoms with Crippen molar-refractivity contribution in [3.8, 4) is 5.75 Å². The van der Waals surface area contributed by atoms with E-state index >= 15 is 0 Å². The Hall–Kier alpha value is -1.79. The van der Waals surface area contributed by atoms with Crippen LogP contribution in [0.4, 0.5) is 0 Å². The fraction of sp³-hybridized carbons (Fsp3) is 0.552. The molecule has 0 heterocycles. The molecule has 1 aliphatic carbocycles. The van der Waals surface area contributed by atoms with Gasteiger partial charge in [0.2, 0.25) is 0 Å². The molecule has 1 aromatic carbocycles. The molecule has 5 nitrogen and oxygen atoms in total. The largest absolute Gasteiger partial charge is 0.493 e. The van der Waals surface area contributed by atoms with Crippen LogP contribution in [0.3, 0.4) is 0 Å². The highest BCUT2D eigenvalue weighted by Gasteiger charge is 2.18. The molecule has 0 saturated carbocycles. The van der Waals surface area contributed by atoms with E-state index in [1.807, 2.05) is 12.2 Å². The topological polar surface area (TPSA) is 44.8 Å². The van der Waals surface area contributed by atoms with Crippen molar-refractivity contribution in [3.05, 3.63) is 62.7 Å². The van der Waals surface area contributed by atoms with Crippen molar-refractivity contribution >= 4 is 29.1 Å². The molecule has 0 aliphatic heterocycles. The van der Waals surface area contributed by atoms with Crippen molar-refractivity contribution in [1.29, 1.82) is 0 Å². The van der Waals surface area contributed by atoms with Crippen molar-refractivity contribution in [2.45, 2.75) is 58.9 Å². The number of amides is 1. The van der Waals surface area contributed by atoms with E-state index in [1.54, 1.807) is 6.08 Å². The summed E-state index contributed by atoms with van der Waals surface area (Å²) in [7, 11) is 6.32. The van der Waals surface area contributed by atoms with Gasteiger partial charge < -0.3 is 15.0 Å². The van der Waals surface area contributed by atoms with Gasteiger partial charge in [-0.15, -0.1) is 0 Å². The number of carbonyl (C=O) groups is 1.